The molecule has 2 atom stereocenters. The highest BCUT2D eigenvalue weighted by molar-refractivity contribution is 6.41. The van der Waals surface area contributed by atoms with Crippen LogP contribution < -0.4 is 14.2 Å². The van der Waals surface area contributed by atoms with Crippen molar-refractivity contribution in [2.45, 2.75) is 152 Å². The van der Waals surface area contributed by atoms with Gasteiger partial charge in [0.2, 0.25) is 0 Å². The molecule has 0 spiro atoms. The van der Waals surface area contributed by atoms with E-state index < -0.39 is 0 Å². The first-order valence-electron chi connectivity index (χ1n) is 29.4. The number of H-pyrrole nitrogens is 2. The molecule has 18 heteroatoms. The molecular formula is C66H79Cl3N12O3. The third-order valence-electron chi connectivity index (χ3n) is 15.3. The largest absolute Gasteiger partial charge is 0.497 e. The van der Waals surface area contributed by atoms with Crippen molar-refractivity contribution in [1.82, 2.24) is 58.3 Å². The summed E-state index contributed by atoms with van der Waals surface area (Å²) in [6, 6.07) is 26.4. The summed E-state index contributed by atoms with van der Waals surface area (Å²) in [5.74, 6) is 6.08. The summed E-state index contributed by atoms with van der Waals surface area (Å²) in [6.07, 6.45) is 18.0. The van der Waals surface area contributed by atoms with Gasteiger partial charge in [-0.3, -0.25) is 5.10 Å². The van der Waals surface area contributed by atoms with Gasteiger partial charge in [0.25, 0.3) is 0 Å². The van der Waals surface area contributed by atoms with Crippen LogP contribution in [0.3, 0.4) is 0 Å². The molecule has 0 bridgehead atoms. The second kappa shape index (κ2) is 27.6. The van der Waals surface area contributed by atoms with E-state index in [9.17, 15) is 0 Å². The van der Waals surface area contributed by atoms with E-state index in [1.807, 2.05) is 53.2 Å². The number of hydrogen-bond acceptors (Lipinski definition) is 9. The summed E-state index contributed by atoms with van der Waals surface area (Å²) < 4.78 is 25.3. The highest BCUT2D eigenvalue weighted by Gasteiger charge is 2.27. The lowest BCUT2D eigenvalue weighted by Crippen LogP contribution is -2.12. The van der Waals surface area contributed by atoms with E-state index >= 15 is 0 Å². The van der Waals surface area contributed by atoms with Gasteiger partial charge in [-0.05, 0) is 116 Å². The van der Waals surface area contributed by atoms with Crippen LogP contribution in [0.5, 0.6) is 17.5 Å². The minimum Gasteiger partial charge on any atom is -0.497 e. The van der Waals surface area contributed by atoms with Crippen molar-refractivity contribution in [3.05, 3.63) is 163 Å². The van der Waals surface area contributed by atoms with Crippen LogP contribution in [0.25, 0.3) is 51.1 Å². The van der Waals surface area contributed by atoms with E-state index in [1.165, 1.54) is 80.1 Å². The number of allylic oxidation sites excluding steroid dienone is 4. The van der Waals surface area contributed by atoms with Gasteiger partial charge in [-0.15, -0.1) is 5.10 Å². The van der Waals surface area contributed by atoms with Crippen LogP contribution in [0.2, 0.25) is 15.1 Å². The molecule has 1 aliphatic carbocycles. The second-order valence-corrected chi connectivity index (χ2v) is 23.3. The Bertz CT molecular complexity index is 3910. The fourth-order valence-electron chi connectivity index (χ4n) is 10.8. The molecule has 442 valence electrons. The minimum absolute atomic E-state index is 0.179. The van der Waals surface area contributed by atoms with Crippen LogP contribution in [-0.2, 0) is 7.05 Å². The minimum atomic E-state index is -0.179. The molecule has 6 heterocycles. The Labute approximate surface area is 508 Å². The number of nitrogens with one attached hydrogen (secondary N) is 2. The molecule has 0 saturated heterocycles. The molecule has 0 amide bonds. The lowest BCUT2D eigenvalue weighted by Gasteiger charge is -2.18. The molecule has 4 aromatic carbocycles. The maximum Gasteiger partial charge on any atom is 0.311 e. The Morgan fingerprint density at radius 1 is 0.631 bits per heavy atom. The van der Waals surface area contributed by atoms with Crippen LogP contribution in [-0.4, -0.2) is 72.0 Å². The molecule has 10 aromatic rings. The second-order valence-electron chi connectivity index (χ2n) is 22.1. The summed E-state index contributed by atoms with van der Waals surface area (Å²) in [6.45, 7) is 21.5. The van der Waals surface area contributed by atoms with Crippen molar-refractivity contribution < 1.29 is 14.2 Å². The van der Waals surface area contributed by atoms with Crippen molar-refractivity contribution >= 4 is 51.7 Å². The van der Waals surface area contributed by atoms with Crippen LogP contribution in [0.1, 0.15) is 156 Å². The summed E-state index contributed by atoms with van der Waals surface area (Å²) in [4.78, 5) is 23.4. The van der Waals surface area contributed by atoms with Gasteiger partial charge < -0.3 is 18.8 Å². The van der Waals surface area contributed by atoms with Gasteiger partial charge in [0.15, 0.2) is 46.3 Å². The van der Waals surface area contributed by atoms with Crippen molar-refractivity contribution in [2.24, 2.45) is 7.05 Å². The predicted molar refractivity (Wildman–Crippen MR) is 341 cm³/mol. The average molecular weight is 1190 g/mol. The number of benzene rings is 4. The molecule has 84 heavy (non-hydrogen) atoms. The Kier molecular flexibility index (Phi) is 20.1. The van der Waals surface area contributed by atoms with Gasteiger partial charge in [0.05, 0.1) is 52.3 Å². The van der Waals surface area contributed by atoms with E-state index in [1.54, 1.807) is 23.8 Å². The van der Waals surface area contributed by atoms with Crippen LogP contribution in [0.4, 0.5) is 0 Å². The Balaban J connectivity index is 0.000000152. The highest BCUT2D eigenvalue weighted by atomic mass is 35.5. The number of nitrogens with zero attached hydrogens (tertiary/aromatic N) is 10. The smallest absolute Gasteiger partial charge is 0.311 e. The fraction of sp³-hybridized carbons (Fsp3) is 0.394. The van der Waals surface area contributed by atoms with E-state index in [-0.39, 0.29) is 12.0 Å². The van der Waals surface area contributed by atoms with Crippen molar-refractivity contribution in [1.29, 1.82) is 0 Å². The maximum absolute atomic E-state index is 6.38. The number of aromatic amines is 2. The lowest BCUT2D eigenvalue weighted by molar-refractivity contribution is 0.188. The van der Waals surface area contributed by atoms with Crippen LogP contribution in [0.15, 0.2) is 102 Å². The lowest BCUT2D eigenvalue weighted by atomic mass is 10.0. The van der Waals surface area contributed by atoms with E-state index in [0.29, 0.717) is 44.7 Å². The molecule has 6 aromatic heterocycles. The van der Waals surface area contributed by atoms with Gasteiger partial charge in [-0.25, -0.2) is 34.1 Å². The standard InChI is InChI=1S/C23H31Cl3N4O.C23H26N4O2.C20H22N4/c1-3-4-5-6-7-8-9-10-11-12-13-31-23-28-21-16(2)27-22(30(21)29-23)20-18(25)14-17(24)15-19(20)26;1-6-19(29-20-12-7-14(2)13-15(20)3)23-24-16(4)22-25-21(26-27(22)23)17-8-10-18(28-5)11-9-17;1-12-6-8-16(9-7-12)18-22-24-19(17-11-13(2)10-14(17)3)21-15(4)20(24)23(18)5/h14-15H,3-13H2,1-2H3,(H,28,29);7-13,19H,6H2,1-5H3,(H,25,26);6-11,17H,1-5H3. The summed E-state index contributed by atoms with van der Waals surface area (Å²) in [5, 5.41) is 12.8. The van der Waals surface area contributed by atoms with Crippen molar-refractivity contribution in [3.8, 4) is 51.7 Å². The fourth-order valence-corrected chi connectivity index (χ4v) is 11.8. The van der Waals surface area contributed by atoms with Crippen LogP contribution in [0, 0.1) is 41.5 Å². The predicted octanol–water partition coefficient (Wildman–Crippen LogP) is 17.8. The molecule has 15 nitrogen and oxygen atoms in total. The summed E-state index contributed by atoms with van der Waals surface area (Å²) >= 11 is 18.8. The van der Waals surface area contributed by atoms with Gasteiger partial charge in [-0.2, -0.15) is 9.50 Å². The summed E-state index contributed by atoms with van der Waals surface area (Å²) in [7, 11) is 3.72. The van der Waals surface area contributed by atoms with Gasteiger partial charge in [0.1, 0.15) is 17.3 Å². The monoisotopic (exact) mass is 1190 g/mol. The Morgan fingerprint density at radius 2 is 1.26 bits per heavy atom. The number of unbranched alkanes of at least 4 members (excludes halogenated alkanes) is 9. The third kappa shape index (κ3) is 13.9. The maximum atomic E-state index is 6.38. The average Bonchev–Trinajstić information content (AvgIpc) is 2.86. The van der Waals surface area contributed by atoms with Crippen LogP contribution >= 0.6 is 34.8 Å². The first-order valence-corrected chi connectivity index (χ1v) is 30.5. The zero-order valence-electron chi connectivity index (χ0n) is 50.6. The van der Waals surface area contributed by atoms with Crippen molar-refractivity contribution in [3.63, 3.8) is 0 Å². The number of aryl methyl sites for hydroxylation is 7. The van der Waals surface area contributed by atoms with E-state index in [0.717, 1.165) is 92.7 Å². The number of methoxy groups -OCH3 is 1. The SMILES string of the molecule is CC1=CC(c2nc(C)c3n(C)c(-c4ccc(C)cc4)nn23)C(C)=C1.CCC(Oc1ccc(C)cc1C)c1nc(C)c2nc(-c3ccc(OC)cc3)[nH]n12.CCCCCCCCCCCCOc1nc2c(C)nc(-c3c(Cl)cc(Cl)cc3Cl)n2[nH]1. The zero-order valence-corrected chi connectivity index (χ0v) is 52.9. The first-order chi connectivity index (χ1) is 40.5. The van der Waals surface area contributed by atoms with Crippen molar-refractivity contribution in [2.75, 3.05) is 13.7 Å². The number of hydrogen-bond donors (Lipinski definition) is 2. The Hall–Kier alpha value is -7.33. The number of halogens is 3. The van der Waals surface area contributed by atoms with Gasteiger partial charge in [-0.1, -0.05) is 177 Å². The normalized spacial score (nSPS) is 13.5. The number of fused-ring (bicyclic) bond motifs is 3. The van der Waals surface area contributed by atoms with E-state index in [2.05, 4.69) is 136 Å². The number of rotatable bonds is 21. The Morgan fingerprint density at radius 3 is 1.89 bits per heavy atom. The number of aromatic nitrogens is 12. The zero-order chi connectivity index (χ0) is 59.8. The molecule has 0 radical (unpaired) electrons. The molecule has 0 fully saturated rings. The van der Waals surface area contributed by atoms with E-state index in [4.69, 9.17) is 69.1 Å². The molecule has 0 aliphatic heterocycles. The number of imidazole rings is 3. The molecular weight excluding hydrogens is 1120 g/mol. The molecule has 2 unspecified atom stereocenters. The first kappa shape index (κ1) is 61.2. The topological polar surface area (TPSA) is 155 Å². The summed E-state index contributed by atoms with van der Waals surface area (Å²) in [5.41, 5.74) is 14.2. The van der Waals surface area contributed by atoms with Gasteiger partial charge in [0, 0.05) is 23.2 Å². The quantitative estimate of drug-likeness (QED) is 0.0669. The molecule has 0 saturated carbocycles. The molecule has 1 aliphatic rings. The molecule has 11 rings (SSSR count). The van der Waals surface area contributed by atoms with Gasteiger partial charge >= 0.3 is 6.01 Å². The number of ether oxygens (including phenoxy) is 3. The molecule has 2 N–H and O–H groups in total. The third-order valence-corrected chi connectivity index (χ3v) is 16.1. The highest BCUT2D eigenvalue weighted by Crippen LogP contribution is 2.38.